The summed E-state index contributed by atoms with van der Waals surface area (Å²) in [5, 5.41) is 1.07. The molecule has 1 heterocycles. The topological polar surface area (TPSA) is 48.1 Å². The van der Waals surface area contributed by atoms with Crippen LogP contribution in [-0.4, -0.2) is 4.98 Å². The zero-order chi connectivity index (χ0) is 13.0. The van der Waals surface area contributed by atoms with Gasteiger partial charge in [-0.15, -0.1) is 0 Å². The summed E-state index contributed by atoms with van der Waals surface area (Å²) in [7, 11) is 0. The molecule has 1 aromatic heterocycles. The lowest BCUT2D eigenvalue weighted by Gasteiger charge is -2.10. The number of nitrogens with zero attached hydrogens (tertiary/aromatic N) is 1. The summed E-state index contributed by atoms with van der Waals surface area (Å²) < 4.78 is 5.63. The van der Waals surface area contributed by atoms with Crippen molar-refractivity contribution in [1.82, 2.24) is 4.98 Å². The SMILES string of the molecule is NCc1ncccc1COc1ccc(Cl)cc1Cl. The van der Waals surface area contributed by atoms with E-state index in [-0.39, 0.29) is 0 Å². The van der Waals surface area contributed by atoms with Crippen LogP contribution in [0.15, 0.2) is 36.5 Å². The zero-order valence-electron chi connectivity index (χ0n) is 9.57. The van der Waals surface area contributed by atoms with Gasteiger partial charge in [0.1, 0.15) is 12.4 Å². The highest BCUT2D eigenvalue weighted by Crippen LogP contribution is 2.28. The number of pyridine rings is 1. The lowest BCUT2D eigenvalue weighted by atomic mass is 10.2. The van der Waals surface area contributed by atoms with Crippen LogP contribution in [0.3, 0.4) is 0 Å². The molecule has 0 aliphatic heterocycles. The van der Waals surface area contributed by atoms with E-state index < -0.39 is 0 Å². The van der Waals surface area contributed by atoms with Crippen molar-refractivity contribution in [2.75, 3.05) is 0 Å². The highest BCUT2D eigenvalue weighted by molar-refractivity contribution is 6.35. The van der Waals surface area contributed by atoms with Gasteiger partial charge in [0.25, 0.3) is 0 Å². The standard InChI is InChI=1S/C13H12Cl2N2O/c14-10-3-4-13(11(15)6-10)18-8-9-2-1-5-17-12(9)7-16/h1-6H,7-8,16H2. The normalized spacial score (nSPS) is 10.4. The highest BCUT2D eigenvalue weighted by Gasteiger charge is 2.05. The fraction of sp³-hybridized carbons (Fsp3) is 0.154. The number of benzene rings is 1. The molecule has 0 fully saturated rings. The molecule has 0 unspecified atom stereocenters. The molecule has 0 aliphatic carbocycles. The van der Waals surface area contributed by atoms with E-state index in [0.717, 1.165) is 11.3 Å². The van der Waals surface area contributed by atoms with Gasteiger partial charge >= 0.3 is 0 Å². The molecule has 1 aromatic carbocycles. The van der Waals surface area contributed by atoms with E-state index in [4.69, 9.17) is 33.7 Å². The van der Waals surface area contributed by atoms with Crippen LogP contribution in [0.2, 0.25) is 10.0 Å². The third-order valence-corrected chi connectivity index (χ3v) is 2.99. The Bertz CT molecular complexity index is 546. The Morgan fingerprint density at radius 2 is 2.06 bits per heavy atom. The first-order chi connectivity index (χ1) is 8.70. The second kappa shape index (κ2) is 6.05. The fourth-order valence-electron chi connectivity index (χ4n) is 1.53. The van der Waals surface area contributed by atoms with E-state index in [1.165, 1.54) is 0 Å². The Morgan fingerprint density at radius 1 is 1.22 bits per heavy atom. The summed E-state index contributed by atoms with van der Waals surface area (Å²) >= 11 is 11.8. The number of halogens is 2. The summed E-state index contributed by atoms with van der Waals surface area (Å²) in [4.78, 5) is 4.19. The number of ether oxygens (including phenoxy) is 1. The molecule has 0 saturated heterocycles. The van der Waals surface area contributed by atoms with Crippen LogP contribution >= 0.6 is 23.2 Å². The van der Waals surface area contributed by atoms with Crippen molar-refractivity contribution in [1.29, 1.82) is 0 Å². The smallest absolute Gasteiger partial charge is 0.138 e. The summed E-state index contributed by atoms with van der Waals surface area (Å²) in [6.45, 7) is 0.760. The first-order valence-corrected chi connectivity index (χ1v) is 6.17. The van der Waals surface area contributed by atoms with Crippen LogP contribution in [0, 0.1) is 0 Å². The number of aromatic nitrogens is 1. The molecule has 94 valence electrons. The predicted molar refractivity (Wildman–Crippen MR) is 72.9 cm³/mol. The summed E-state index contributed by atoms with van der Waals surface area (Å²) in [6, 6.07) is 8.89. The van der Waals surface area contributed by atoms with Gasteiger partial charge in [-0.3, -0.25) is 4.98 Å². The molecular formula is C13H12Cl2N2O. The van der Waals surface area contributed by atoms with Crippen LogP contribution in [0.25, 0.3) is 0 Å². The Morgan fingerprint density at radius 3 is 2.78 bits per heavy atom. The molecule has 0 bridgehead atoms. The van der Waals surface area contributed by atoms with Crippen LogP contribution in [0.5, 0.6) is 5.75 Å². The lowest BCUT2D eigenvalue weighted by molar-refractivity contribution is 0.304. The van der Waals surface area contributed by atoms with E-state index in [1.807, 2.05) is 12.1 Å². The molecule has 5 heteroatoms. The molecule has 0 radical (unpaired) electrons. The number of hydrogen-bond donors (Lipinski definition) is 1. The largest absolute Gasteiger partial charge is 0.487 e. The predicted octanol–water partition coefficient (Wildman–Crippen LogP) is 3.43. The van der Waals surface area contributed by atoms with Crippen molar-refractivity contribution in [2.45, 2.75) is 13.2 Å². The second-order valence-corrected chi connectivity index (χ2v) is 4.52. The second-order valence-electron chi connectivity index (χ2n) is 3.68. The van der Waals surface area contributed by atoms with Crippen molar-refractivity contribution in [3.8, 4) is 5.75 Å². The van der Waals surface area contributed by atoms with E-state index in [2.05, 4.69) is 4.98 Å². The molecule has 0 aliphatic rings. The molecule has 2 N–H and O–H groups in total. The van der Waals surface area contributed by atoms with E-state index in [9.17, 15) is 0 Å². The van der Waals surface area contributed by atoms with Crippen LogP contribution < -0.4 is 10.5 Å². The van der Waals surface area contributed by atoms with Gasteiger partial charge in [-0.25, -0.2) is 0 Å². The van der Waals surface area contributed by atoms with Crippen molar-refractivity contribution >= 4 is 23.2 Å². The Hall–Kier alpha value is -1.29. The average molecular weight is 283 g/mol. The molecule has 0 atom stereocenters. The maximum Gasteiger partial charge on any atom is 0.138 e. The van der Waals surface area contributed by atoms with E-state index in [0.29, 0.717) is 28.9 Å². The minimum Gasteiger partial charge on any atom is -0.487 e. The van der Waals surface area contributed by atoms with Crippen molar-refractivity contribution in [3.63, 3.8) is 0 Å². The van der Waals surface area contributed by atoms with E-state index in [1.54, 1.807) is 24.4 Å². The van der Waals surface area contributed by atoms with Crippen molar-refractivity contribution < 1.29 is 4.74 Å². The minimum absolute atomic E-state index is 0.377. The monoisotopic (exact) mass is 282 g/mol. The van der Waals surface area contributed by atoms with Gasteiger partial charge in [0.05, 0.1) is 10.7 Å². The molecule has 18 heavy (non-hydrogen) atoms. The lowest BCUT2D eigenvalue weighted by Crippen LogP contribution is -2.06. The summed E-state index contributed by atoms with van der Waals surface area (Å²) in [5.74, 6) is 0.591. The Balaban J connectivity index is 2.11. The summed E-state index contributed by atoms with van der Waals surface area (Å²) in [5.41, 5.74) is 7.38. The van der Waals surface area contributed by atoms with Crippen LogP contribution in [-0.2, 0) is 13.2 Å². The van der Waals surface area contributed by atoms with Crippen LogP contribution in [0.1, 0.15) is 11.3 Å². The van der Waals surface area contributed by atoms with Gasteiger partial charge in [0.2, 0.25) is 0 Å². The molecular weight excluding hydrogens is 271 g/mol. The summed E-state index contributed by atoms with van der Waals surface area (Å²) in [6.07, 6.45) is 1.71. The molecule has 3 nitrogen and oxygen atoms in total. The maximum absolute atomic E-state index is 6.02. The third kappa shape index (κ3) is 3.13. The van der Waals surface area contributed by atoms with Crippen molar-refractivity contribution in [2.24, 2.45) is 5.73 Å². The van der Waals surface area contributed by atoms with Gasteiger partial charge in [-0.1, -0.05) is 29.3 Å². The Labute approximate surface area is 115 Å². The third-order valence-electron chi connectivity index (χ3n) is 2.45. The first kappa shape index (κ1) is 13.1. The minimum atomic E-state index is 0.377. The van der Waals surface area contributed by atoms with Gasteiger partial charge in [0, 0.05) is 23.3 Å². The Kier molecular flexibility index (Phi) is 4.42. The highest BCUT2D eigenvalue weighted by atomic mass is 35.5. The molecule has 0 saturated carbocycles. The number of nitrogens with two attached hydrogens (primary N) is 1. The zero-order valence-corrected chi connectivity index (χ0v) is 11.1. The van der Waals surface area contributed by atoms with Gasteiger partial charge in [-0.05, 0) is 24.3 Å². The molecule has 0 spiro atoms. The molecule has 2 aromatic rings. The van der Waals surface area contributed by atoms with E-state index >= 15 is 0 Å². The number of hydrogen-bond acceptors (Lipinski definition) is 3. The molecule has 2 rings (SSSR count). The van der Waals surface area contributed by atoms with Crippen molar-refractivity contribution in [3.05, 3.63) is 57.8 Å². The fourth-order valence-corrected chi connectivity index (χ4v) is 2.00. The first-order valence-electron chi connectivity index (χ1n) is 5.41. The average Bonchev–Trinajstić information content (AvgIpc) is 2.38. The maximum atomic E-state index is 6.02. The van der Waals surface area contributed by atoms with Gasteiger partial charge in [0.15, 0.2) is 0 Å². The molecule has 0 amide bonds. The van der Waals surface area contributed by atoms with Gasteiger partial charge in [-0.2, -0.15) is 0 Å². The van der Waals surface area contributed by atoms with Gasteiger partial charge < -0.3 is 10.5 Å². The quantitative estimate of drug-likeness (QED) is 0.935. The van der Waals surface area contributed by atoms with Crippen LogP contribution in [0.4, 0.5) is 0 Å². The number of rotatable bonds is 4.